The molecule has 0 aliphatic heterocycles. The number of benzene rings is 1. The lowest BCUT2D eigenvalue weighted by molar-refractivity contribution is 0.0514. The van der Waals surface area contributed by atoms with E-state index in [1.807, 2.05) is 37.3 Å². The van der Waals surface area contributed by atoms with Crippen molar-refractivity contribution in [1.29, 1.82) is 0 Å². The number of rotatable bonds is 5. The summed E-state index contributed by atoms with van der Waals surface area (Å²) >= 11 is 0. The van der Waals surface area contributed by atoms with Crippen molar-refractivity contribution in [1.82, 2.24) is 9.47 Å². The summed E-state index contributed by atoms with van der Waals surface area (Å²) in [6.45, 7) is 6.23. The van der Waals surface area contributed by atoms with Gasteiger partial charge in [-0.3, -0.25) is 4.79 Å². The Kier molecular flexibility index (Phi) is 5.44. The van der Waals surface area contributed by atoms with Crippen LogP contribution in [0, 0.1) is 13.8 Å². The van der Waals surface area contributed by atoms with E-state index >= 15 is 0 Å². The largest absolute Gasteiger partial charge is 0.461 e. The lowest BCUT2D eigenvalue weighted by atomic mass is 10.1. The van der Waals surface area contributed by atoms with Crippen molar-refractivity contribution in [2.75, 3.05) is 13.7 Å². The predicted molar refractivity (Wildman–Crippen MR) is 93.1 cm³/mol. The second-order valence-electron chi connectivity index (χ2n) is 5.86. The Morgan fingerprint density at radius 1 is 1.17 bits per heavy atom. The first-order valence-electron chi connectivity index (χ1n) is 8.00. The van der Waals surface area contributed by atoms with Gasteiger partial charge < -0.3 is 14.2 Å². The van der Waals surface area contributed by atoms with Crippen LogP contribution >= 0.6 is 0 Å². The smallest absolute Gasteiger partial charge is 0.355 e. The van der Waals surface area contributed by atoms with Gasteiger partial charge in [-0.1, -0.05) is 30.3 Å². The van der Waals surface area contributed by atoms with Crippen LogP contribution in [0.3, 0.4) is 0 Å². The third kappa shape index (κ3) is 3.35. The molecule has 0 atom stereocenters. The molecule has 1 heterocycles. The maximum Gasteiger partial charge on any atom is 0.355 e. The molecule has 1 amide bonds. The molecule has 128 valence electrons. The van der Waals surface area contributed by atoms with Crippen molar-refractivity contribution < 1.29 is 14.3 Å². The van der Waals surface area contributed by atoms with E-state index in [4.69, 9.17) is 4.74 Å². The molecule has 0 saturated carbocycles. The maximum atomic E-state index is 12.9. The molecule has 0 spiro atoms. The molecule has 0 N–H and O–H groups in total. The van der Waals surface area contributed by atoms with E-state index in [1.54, 1.807) is 37.4 Å². The van der Waals surface area contributed by atoms with Gasteiger partial charge in [-0.25, -0.2) is 4.79 Å². The minimum atomic E-state index is -0.398. The van der Waals surface area contributed by atoms with Crippen molar-refractivity contribution >= 4 is 11.9 Å². The summed E-state index contributed by atoms with van der Waals surface area (Å²) in [7, 11) is 3.55. The average molecular weight is 328 g/mol. The summed E-state index contributed by atoms with van der Waals surface area (Å²) in [6, 6.07) is 9.82. The summed E-state index contributed by atoms with van der Waals surface area (Å²) < 4.78 is 6.84. The predicted octanol–water partition coefficient (Wildman–Crippen LogP) is 3.09. The summed E-state index contributed by atoms with van der Waals surface area (Å²) in [6.07, 6.45) is 0. The van der Waals surface area contributed by atoms with Crippen LogP contribution in [0.25, 0.3) is 0 Å². The molecule has 0 aliphatic carbocycles. The molecule has 0 bridgehead atoms. The zero-order chi connectivity index (χ0) is 17.9. The molecule has 1 aromatic heterocycles. The first-order chi connectivity index (χ1) is 11.4. The zero-order valence-electron chi connectivity index (χ0n) is 14.9. The van der Waals surface area contributed by atoms with Crippen LogP contribution in [-0.4, -0.2) is 35.0 Å². The van der Waals surface area contributed by atoms with E-state index in [-0.39, 0.29) is 5.91 Å². The van der Waals surface area contributed by atoms with Gasteiger partial charge in [-0.2, -0.15) is 0 Å². The molecule has 2 rings (SSSR count). The highest BCUT2D eigenvalue weighted by Gasteiger charge is 2.27. The molecule has 0 aliphatic rings. The fourth-order valence-electron chi connectivity index (χ4n) is 2.90. The zero-order valence-corrected chi connectivity index (χ0v) is 14.9. The van der Waals surface area contributed by atoms with Crippen LogP contribution in [0.15, 0.2) is 30.3 Å². The van der Waals surface area contributed by atoms with Crippen LogP contribution in [-0.2, 0) is 18.3 Å². The van der Waals surface area contributed by atoms with Crippen molar-refractivity contribution in [2.45, 2.75) is 27.3 Å². The minimum absolute atomic E-state index is 0.0972. The fourth-order valence-corrected chi connectivity index (χ4v) is 2.90. The second kappa shape index (κ2) is 7.34. The number of carbonyl (C=O) groups excluding carboxylic acids is 2. The number of amides is 1. The molecule has 0 fully saturated rings. The van der Waals surface area contributed by atoms with Gasteiger partial charge in [0.05, 0.1) is 12.2 Å². The summed E-state index contributed by atoms with van der Waals surface area (Å²) in [5, 5.41) is 0. The number of hydrogen-bond donors (Lipinski definition) is 0. The Labute approximate surface area is 142 Å². The van der Waals surface area contributed by atoms with E-state index in [0.29, 0.717) is 30.0 Å². The Balaban J connectivity index is 2.32. The van der Waals surface area contributed by atoms with Crippen LogP contribution < -0.4 is 0 Å². The molecule has 0 radical (unpaired) electrons. The van der Waals surface area contributed by atoms with Gasteiger partial charge in [0.2, 0.25) is 0 Å². The van der Waals surface area contributed by atoms with E-state index in [9.17, 15) is 9.59 Å². The van der Waals surface area contributed by atoms with Crippen molar-refractivity contribution in [3.8, 4) is 0 Å². The van der Waals surface area contributed by atoms with E-state index < -0.39 is 5.97 Å². The van der Waals surface area contributed by atoms with Gasteiger partial charge in [0, 0.05) is 26.3 Å². The number of ether oxygens (including phenoxy) is 1. The van der Waals surface area contributed by atoms with E-state index in [0.717, 1.165) is 11.3 Å². The highest BCUT2D eigenvalue weighted by molar-refractivity contribution is 6.01. The van der Waals surface area contributed by atoms with Gasteiger partial charge >= 0.3 is 5.97 Å². The van der Waals surface area contributed by atoms with Gasteiger partial charge in [-0.15, -0.1) is 0 Å². The van der Waals surface area contributed by atoms with Gasteiger partial charge in [0.1, 0.15) is 5.69 Å². The molecule has 2 aromatic rings. The number of hydrogen-bond acceptors (Lipinski definition) is 3. The Morgan fingerprint density at radius 3 is 2.38 bits per heavy atom. The Hall–Kier alpha value is -2.56. The van der Waals surface area contributed by atoms with Crippen LogP contribution in [0.4, 0.5) is 0 Å². The van der Waals surface area contributed by atoms with Gasteiger partial charge in [0.25, 0.3) is 5.91 Å². The molecule has 1 aromatic carbocycles. The first-order valence-corrected chi connectivity index (χ1v) is 8.00. The molecule has 0 unspecified atom stereocenters. The fraction of sp³-hybridized carbons (Fsp3) is 0.368. The lowest BCUT2D eigenvalue weighted by Gasteiger charge is -2.18. The monoisotopic (exact) mass is 328 g/mol. The normalized spacial score (nSPS) is 10.5. The lowest BCUT2D eigenvalue weighted by Crippen LogP contribution is -2.27. The molecule has 5 heteroatoms. The number of nitrogens with zero attached hydrogens (tertiary/aromatic N) is 2. The third-order valence-electron chi connectivity index (χ3n) is 4.22. The minimum Gasteiger partial charge on any atom is -0.461 e. The SMILES string of the molecule is CCOC(=O)c1c(C)c(C(=O)N(C)Cc2ccccc2)c(C)n1C. The van der Waals surface area contributed by atoms with Gasteiger partial charge in [-0.05, 0) is 31.9 Å². The Morgan fingerprint density at radius 2 is 1.79 bits per heavy atom. The first kappa shape index (κ1) is 17.8. The van der Waals surface area contributed by atoms with Crippen LogP contribution in [0.1, 0.15) is 44.6 Å². The van der Waals surface area contributed by atoms with Crippen molar-refractivity contribution in [3.05, 3.63) is 58.4 Å². The van der Waals surface area contributed by atoms with Gasteiger partial charge in [0.15, 0.2) is 0 Å². The summed E-state index contributed by atoms with van der Waals surface area (Å²) in [5.41, 5.74) is 3.49. The molecular formula is C19H24N2O3. The second-order valence-corrected chi connectivity index (χ2v) is 5.86. The highest BCUT2D eigenvalue weighted by Crippen LogP contribution is 2.23. The quantitative estimate of drug-likeness (QED) is 0.793. The van der Waals surface area contributed by atoms with Crippen LogP contribution in [0.5, 0.6) is 0 Å². The molecule has 0 saturated heterocycles. The van der Waals surface area contributed by atoms with Crippen molar-refractivity contribution in [3.63, 3.8) is 0 Å². The van der Waals surface area contributed by atoms with Crippen LogP contribution in [0.2, 0.25) is 0 Å². The topological polar surface area (TPSA) is 51.5 Å². The van der Waals surface area contributed by atoms with E-state index in [1.165, 1.54) is 0 Å². The summed E-state index contributed by atoms with van der Waals surface area (Å²) in [4.78, 5) is 26.7. The molecular weight excluding hydrogens is 304 g/mol. The maximum absolute atomic E-state index is 12.9. The number of esters is 1. The summed E-state index contributed by atoms with van der Waals surface area (Å²) in [5.74, 6) is -0.495. The molecule has 5 nitrogen and oxygen atoms in total. The van der Waals surface area contributed by atoms with E-state index in [2.05, 4.69) is 0 Å². The third-order valence-corrected chi connectivity index (χ3v) is 4.22. The average Bonchev–Trinajstić information content (AvgIpc) is 2.77. The standard InChI is InChI=1S/C19H24N2O3/c1-6-24-19(23)17-13(2)16(14(3)21(17)5)18(22)20(4)12-15-10-8-7-9-11-15/h7-11H,6,12H2,1-5H3. The Bertz CT molecular complexity index is 748. The highest BCUT2D eigenvalue weighted by atomic mass is 16.5. The van der Waals surface area contributed by atoms with Crippen molar-refractivity contribution in [2.24, 2.45) is 7.05 Å². The molecule has 24 heavy (non-hydrogen) atoms. The number of carbonyl (C=O) groups is 2. The number of aromatic nitrogens is 1.